The lowest BCUT2D eigenvalue weighted by Crippen LogP contribution is -2.00. The Balaban J connectivity index is 2.04. The number of rotatable bonds is 4. The van der Waals surface area contributed by atoms with Gasteiger partial charge >= 0.3 is 0 Å². The van der Waals surface area contributed by atoms with Crippen LogP contribution in [0.4, 0.5) is 10.1 Å². The highest BCUT2D eigenvalue weighted by Gasteiger charge is 2.04. The first-order valence-electron chi connectivity index (χ1n) is 4.87. The van der Waals surface area contributed by atoms with Crippen LogP contribution in [0.2, 0.25) is 4.47 Å². The molecule has 0 aliphatic carbocycles. The molecule has 1 aromatic carbocycles. The van der Waals surface area contributed by atoms with Crippen molar-refractivity contribution in [2.24, 2.45) is 0 Å². The van der Waals surface area contributed by atoms with Gasteiger partial charge in [-0.15, -0.1) is 11.3 Å². The van der Waals surface area contributed by atoms with Crippen LogP contribution in [0.5, 0.6) is 0 Å². The number of anilines is 1. The summed E-state index contributed by atoms with van der Waals surface area (Å²) >= 11 is 10.4. The van der Waals surface area contributed by atoms with Crippen LogP contribution in [0.3, 0.4) is 0 Å². The minimum Gasteiger partial charge on any atom is -0.378 e. The Morgan fingerprint density at radius 1 is 1.47 bits per heavy atom. The van der Waals surface area contributed by atoms with E-state index in [1.165, 1.54) is 17.4 Å². The smallest absolute Gasteiger partial charge is 0.183 e. The fourth-order valence-corrected chi connectivity index (χ4v) is 2.60. The summed E-state index contributed by atoms with van der Waals surface area (Å²) in [6.45, 7) is 0.523. The van der Waals surface area contributed by atoms with Crippen LogP contribution in [-0.4, -0.2) is 4.98 Å². The van der Waals surface area contributed by atoms with Crippen LogP contribution >= 0.6 is 38.9 Å². The highest BCUT2D eigenvalue weighted by atomic mass is 79.9. The lowest BCUT2D eigenvalue weighted by Gasteiger charge is -2.06. The molecule has 0 fully saturated rings. The number of benzene rings is 1. The molecule has 0 radical (unpaired) electrons. The van der Waals surface area contributed by atoms with Gasteiger partial charge in [-0.05, 0) is 17.7 Å². The first-order valence-corrected chi connectivity index (χ1v) is 7.19. The van der Waals surface area contributed by atoms with Crippen LogP contribution < -0.4 is 5.32 Å². The first kappa shape index (κ1) is 12.8. The van der Waals surface area contributed by atoms with Gasteiger partial charge in [-0.25, -0.2) is 9.37 Å². The summed E-state index contributed by atoms with van der Waals surface area (Å²) in [5.41, 5.74) is 1.40. The fraction of sp³-hybridized carbons (Fsp3) is 0.182. The van der Waals surface area contributed by atoms with Crippen LogP contribution in [0.1, 0.15) is 10.4 Å². The maximum Gasteiger partial charge on any atom is 0.183 e. The third kappa shape index (κ3) is 3.40. The molecular weight excluding hydrogens is 327 g/mol. The number of aromatic nitrogens is 1. The zero-order chi connectivity index (χ0) is 12.3. The molecule has 0 aliphatic rings. The predicted molar refractivity (Wildman–Crippen MR) is 73.5 cm³/mol. The number of hydrogen-bond acceptors (Lipinski definition) is 3. The number of alkyl halides is 1. The summed E-state index contributed by atoms with van der Waals surface area (Å²) in [5, 5.41) is 3.66. The van der Waals surface area contributed by atoms with E-state index in [1.54, 1.807) is 12.3 Å². The first-order chi connectivity index (χ1) is 8.19. The maximum absolute atomic E-state index is 13.6. The Morgan fingerprint density at radius 3 is 2.88 bits per heavy atom. The Morgan fingerprint density at radius 2 is 2.29 bits per heavy atom. The van der Waals surface area contributed by atoms with Gasteiger partial charge in [0, 0.05) is 16.4 Å². The SMILES string of the molecule is Fc1cc(CBr)ccc1NCc1cnc(Cl)s1. The van der Waals surface area contributed by atoms with Crippen molar-refractivity contribution in [2.75, 3.05) is 5.32 Å². The highest BCUT2D eigenvalue weighted by Crippen LogP contribution is 2.21. The van der Waals surface area contributed by atoms with E-state index in [0.29, 0.717) is 22.0 Å². The summed E-state index contributed by atoms with van der Waals surface area (Å²) in [7, 11) is 0. The third-order valence-electron chi connectivity index (χ3n) is 2.17. The third-order valence-corrected chi connectivity index (χ3v) is 3.93. The normalized spacial score (nSPS) is 10.5. The molecule has 0 saturated heterocycles. The molecular formula is C11H9BrClFN2S. The summed E-state index contributed by atoms with van der Waals surface area (Å²) in [5.74, 6) is -0.252. The van der Waals surface area contributed by atoms with Crippen molar-refractivity contribution in [3.63, 3.8) is 0 Å². The quantitative estimate of drug-likeness (QED) is 0.835. The molecule has 0 aliphatic heterocycles. The molecule has 2 aromatic rings. The fourth-order valence-electron chi connectivity index (χ4n) is 1.33. The average Bonchev–Trinajstić information content (AvgIpc) is 2.73. The molecule has 17 heavy (non-hydrogen) atoms. The van der Waals surface area contributed by atoms with Gasteiger partial charge < -0.3 is 5.32 Å². The van der Waals surface area contributed by atoms with Crippen molar-refractivity contribution >= 4 is 44.6 Å². The van der Waals surface area contributed by atoms with Gasteiger partial charge in [-0.3, -0.25) is 0 Å². The van der Waals surface area contributed by atoms with Gasteiger partial charge in [0.05, 0.1) is 12.2 Å². The molecule has 0 bridgehead atoms. The number of nitrogens with zero attached hydrogens (tertiary/aromatic N) is 1. The van der Waals surface area contributed by atoms with E-state index in [2.05, 4.69) is 26.2 Å². The maximum atomic E-state index is 13.6. The Kier molecular flexibility index (Phi) is 4.36. The Bertz CT molecular complexity index is 518. The zero-order valence-corrected chi connectivity index (χ0v) is 11.9. The van der Waals surface area contributed by atoms with Crippen LogP contribution in [0.25, 0.3) is 0 Å². The molecule has 2 rings (SSSR count). The molecule has 90 valence electrons. The van der Waals surface area contributed by atoms with Crippen molar-refractivity contribution in [1.82, 2.24) is 4.98 Å². The summed E-state index contributed by atoms with van der Waals surface area (Å²) < 4.78 is 14.1. The van der Waals surface area contributed by atoms with Gasteiger partial charge in [0.25, 0.3) is 0 Å². The average molecular weight is 336 g/mol. The predicted octanol–water partition coefficient (Wildman–Crippen LogP) is 4.44. The van der Waals surface area contributed by atoms with Gasteiger partial charge in [-0.2, -0.15) is 0 Å². The molecule has 0 spiro atoms. The van der Waals surface area contributed by atoms with Crippen LogP contribution in [0, 0.1) is 5.82 Å². The number of hydrogen-bond donors (Lipinski definition) is 1. The molecule has 1 heterocycles. The molecule has 2 nitrogen and oxygen atoms in total. The van der Waals surface area contributed by atoms with Crippen LogP contribution in [-0.2, 0) is 11.9 Å². The van der Waals surface area contributed by atoms with Crippen molar-refractivity contribution in [2.45, 2.75) is 11.9 Å². The van der Waals surface area contributed by atoms with Gasteiger partial charge in [0.1, 0.15) is 5.82 Å². The molecule has 0 saturated carbocycles. The summed E-state index contributed by atoms with van der Waals surface area (Å²) in [6.07, 6.45) is 1.69. The minimum atomic E-state index is -0.252. The Labute approximate surface area is 116 Å². The standard InChI is InChI=1S/C11H9BrClFN2S/c12-4-7-1-2-10(9(14)3-7)15-5-8-6-16-11(13)17-8/h1-3,6,15H,4-5H2. The summed E-state index contributed by atoms with van der Waals surface area (Å²) in [4.78, 5) is 4.89. The molecule has 6 heteroatoms. The lowest BCUT2D eigenvalue weighted by atomic mass is 10.2. The van der Waals surface area contributed by atoms with E-state index in [4.69, 9.17) is 11.6 Å². The van der Waals surface area contributed by atoms with Crippen molar-refractivity contribution in [3.8, 4) is 0 Å². The van der Waals surface area contributed by atoms with Gasteiger partial charge in [0.15, 0.2) is 4.47 Å². The number of thiazole rings is 1. The second-order valence-electron chi connectivity index (χ2n) is 3.38. The summed E-state index contributed by atoms with van der Waals surface area (Å²) in [6, 6.07) is 5.12. The molecule has 0 unspecified atom stereocenters. The largest absolute Gasteiger partial charge is 0.378 e. The van der Waals surface area contributed by atoms with E-state index in [9.17, 15) is 4.39 Å². The van der Waals surface area contributed by atoms with Gasteiger partial charge in [0.2, 0.25) is 0 Å². The van der Waals surface area contributed by atoms with Crippen molar-refractivity contribution in [3.05, 3.63) is 45.1 Å². The monoisotopic (exact) mass is 334 g/mol. The lowest BCUT2D eigenvalue weighted by molar-refractivity contribution is 0.629. The number of halogens is 3. The van der Waals surface area contributed by atoms with E-state index < -0.39 is 0 Å². The van der Waals surface area contributed by atoms with E-state index in [-0.39, 0.29) is 5.82 Å². The topological polar surface area (TPSA) is 24.9 Å². The van der Waals surface area contributed by atoms with Crippen molar-refractivity contribution in [1.29, 1.82) is 0 Å². The van der Waals surface area contributed by atoms with Crippen molar-refractivity contribution < 1.29 is 4.39 Å². The van der Waals surface area contributed by atoms with E-state index in [0.717, 1.165) is 10.4 Å². The zero-order valence-electron chi connectivity index (χ0n) is 8.71. The van der Waals surface area contributed by atoms with E-state index >= 15 is 0 Å². The number of nitrogens with one attached hydrogen (secondary N) is 1. The molecule has 1 N–H and O–H groups in total. The second-order valence-corrected chi connectivity index (χ2v) is 5.64. The highest BCUT2D eigenvalue weighted by molar-refractivity contribution is 9.08. The van der Waals surface area contributed by atoms with Crippen LogP contribution in [0.15, 0.2) is 24.4 Å². The molecule has 0 amide bonds. The van der Waals surface area contributed by atoms with E-state index in [1.807, 2.05) is 6.07 Å². The molecule has 0 atom stereocenters. The second kappa shape index (κ2) is 5.80. The Hall–Kier alpha value is -0.650. The minimum absolute atomic E-state index is 0.252. The molecule has 1 aromatic heterocycles. The van der Waals surface area contributed by atoms with Gasteiger partial charge in [-0.1, -0.05) is 33.6 Å².